The molecule has 526 valence electrons. The van der Waals surface area contributed by atoms with E-state index in [0.29, 0.717) is 0 Å². The number of nitrogens with one attached hydrogen (secondary N) is 4. The second-order valence-corrected chi connectivity index (χ2v) is 27.8. The zero-order valence-electron chi connectivity index (χ0n) is 60.2. The summed E-state index contributed by atoms with van der Waals surface area (Å²) in [4.78, 5) is 172. The number of ether oxygens (including phenoxy) is 1. The van der Waals surface area contributed by atoms with Crippen LogP contribution in [-0.2, 0) is 57.5 Å². The van der Waals surface area contributed by atoms with E-state index in [1.54, 1.807) is 74.5 Å². The van der Waals surface area contributed by atoms with Crippen LogP contribution < -0.4 is 27.0 Å². The van der Waals surface area contributed by atoms with E-state index in [9.17, 15) is 29.1 Å². The SMILES string of the molecule is C=CCOC(C)(C)C[C@H]1C(=O)N[C@@H](C(C)C)C(=O)N(C)[C@@H](CC(C)C)C(=O)N[C@@H](C)C(=O)N[C@H](C)C(=O)N(C)[C@@H](CC(C)C)C(=O)N(C)[C@@H](CC(C)C)C(=O)N(C)[C@@H](C(C)C)C(=O)N(C)[C@@H]([C@H](O)[C@H](C)C/C=C/C)C(=O)N[C@@H](CC)C(=O)N(C)C(CCN)C(=O)N1C. The smallest absolute Gasteiger partial charge is 0.246 e. The molecule has 0 aromatic carbocycles. The molecule has 11 amide bonds. The highest BCUT2D eigenvalue weighted by Gasteiger charge is 2.47. The normalized spacial score (nSPS) is 26.7. The highest BCUT2D eigenvalue weighted by molar-refractivity contribution is 6.00. The number of hydrogen-bond donors (Lipinski definition) is 6. The molecule has 0 bridgehead atoms. The fourth-order valence-electron chi connectivity index (χ4n) is 11.6. The third-order valence-electron chi connectivity index (χ3n) is 17.4. The molecule has 0 spiro atoms. The minimum absolute atomic E-state index is 0.0358. The Hall–Kier alpha value is -6.47. The molecule has 25 heteroatoms. The summed E-state index contributed by atoms with van der Waals surface area (Å²) < 4.78 is 6.09. The van der Waals surface area contributed by atoms with Crippen molar-refractivity contribution in [3.63, 3.8) is 0 Å². The number of aliphatic hydroxyl groups is 1. The molecule has 1 unspecified atom stereocenters. The third kappa shape index (κ3) is 23.2. The second-order valence-electron chi connectivity index (χ2n) is 27.8. The summed E-state index contributed by atoms with van der Waals surface area (Å²) in [6.45, 7) is 33.1. The summed E-state index contributed by atoms with van der Waals surface area (Å²) in [7, 11) is 9.83. The highest BCUT2D eigenvalue weighted by Crippen LogP contribution is 2.27. The van der Waals surface area contributed by atoms with Gasteiger partial charge in [0, 0.05) is 55.8 Å². The van der Waals surface area contributed by atoms with Gasteiger partial charge in [-0.3, -0.25) is 52.7 Å². The van der Waals surface area contributed by atoms with Gasteiger partial charge in [0.15, 0.2) is 0 Å². The predicted molar refractivity (Wildman–Crippen MR) is 356 cm³/mol. The number of allylic oxidation sites excluding steroid dienone is 2. The highest BCUT2D eigenvalue weighted by atomic mass is 16.5. The molecule has 7 N–H and O–H groups in total. The van der Waals surface area contributed by atoms with Crippen molar-refractivity contribution in [2.45, 2.75) is 241 Å². The number of rotatable bonds is 20. The first-order valence-electron chi connectivity index (χ1n) is 32.9. The number of likely N-dealkylation sites (N-methyl/N-ethyl adjacent to an activating group) is 7. The lowest BCUT2D eigenvalue weighted by Gasteiger charge is -2.41. The van der Waals surface area contributed by atoms with Crippen molar-refractivity contribution in [1.29, 1.82) is 0 Å². The molecule has 1 saturated heterocycles. The second kappa shape index (κ2) is 38.0. The van der Waals surface area contributed by atoms with Gasteiger partial charge in [-0.2, -0.15) is 0 Å². The number of amides is 11. The summed E-state index contributed by atoms with van der Waals surface area (Å²) in [6.07, 6.45) is 3.95. The van der Waals surface area contributed by atoms with E-state index in [1.807, 2.05) is 41.5 Å². The Labute approximate surface area is 550 Å². The van der Waals surface area contributed by atoms with E-state index >= 15 is 28.8 Å². The molecule has 0 aromatic rings. The van der Waals surface area contributed by atoms with Crippen molar-refractivity contribution in [1.82, 2.24) is 55.6 Å². The van der Waals surface area contributed by atoms with Gasteiger partial charge >= 0.3 is 0 Å². The van der Waals surface area contributed by atoms with Gasteiger partial charge in [0.1, 0.15) is 66.5 Å². The fraction of sp³-hybridized carbons (Fsp3) is 0.776. The van der Waals surface area contributed by atoms with Crippen molar-refractivity contribution in [3.8, 4) is 0 Å². The number of carbonyl (C=O) groups is 11. The molecule has 1 heterocycles. The van der Waals surface area contributed by atoms with E-state index < -0.39 is 161 Å². The maximum absolute atomic E-state index is 15.3. The van der Waals surface area contributed by atoms with E-state index in [1.165, 1.54) is 93.8 Å². The van der Waals surface area contributed by atoms with Crippen LogP contribution in [0.15, 0.2) is 24.8 Å². The monoisotopic (exact) mass is 1300 g/mol. The molecule has 1 fully saturated rings. The molecule has 0 saturated carbocycles. The lowest BCUT2D eigenvalue weighted by molar-refractivity contribution is -0.157. The van der Waals surface area contributed by atoms with Crippen LogP contribution in [0, 0.1) is 35.5 Å². The quantitative estimate of drug-likeness (QED) is 0.0954. The van der Waals surface area contributed by atoms with Crippen LogP contribution in [0.4, 0.5) is 0 Å². The minimum Gasteiger partial charge on any atom is -0.390 e. The molecule has 92 heavy (non-hydrogen) atoms. The first-order chi connectivity index (χ1) is 42.5. The van der Waals surface area contributed by atoms with Gasteiger partial charge in [-0.25, -0.2) is 0 Å². The average molecular weight is 1300 g/mol. The Morgan fingerprint density at radius 1 is 0.533 bits per heavy atom. The van der Waals surface area contributed by atoms with Gasteiger partial charge in [0.25, 0.3) is 0 Å². The summed E-state index contributed by atoms with van der Waals surface area (Å²) in [5.74, 6) is -10.3. The lowest BCUT2D eigenvalue weighted by Crippen LogP contribution is -2.64. The first kappa shape index (κ1) is 83.5. The fourth-order valence-corrected chi connectivity index (χ4v) is 11.6. The maximum Gasteiger partial charge on any atom is 0.246 e. The van der Waals surface area contributed by atoms with E-state index in [4.69, 9.17) is 10.5 Å². The van der Waals surface area contributed by atoms with E-state index in [2.05, 4.69) is 27.8 Å². The number of aliphatic hydroxyl groups excluding tert-OH is 1. The Morgan fingerprint density at radius 2 is 0.967 bits per heavy atom. The van der Waals surface area contributed by atoms with Crippen LogP contribution in [0.2, 0.25) is 0 Å². The molecular formula is C67H120N12O13. The largest absolute Gasteiger partial charge is 0.390 e. The number of nitrogens with zero attached hydrogens (tertiary/aromatic N) is 7. The number of hydrogen-bond acceptors (Lipinski definition) is 14. The Bertz CT molecular complexity index is 2540. The lowest BCUT2D eigenvalue weighted by atomic mass is 9.91. The van der Waals surface area contributed by atoms with Crippen LogP contribution in [-0.4, -0.2) is 245 Å². The molecule has 1 aliphatic heterocycles. The van der Waals surface area contributed by atoms with Gasteiger partial charge in [0.2, 0.25) is 65.0 Å². The van der Waals surface area contributed by atoms with Crippen molar-refractivity contribution in [3.05, 3.63) is 24.8 Å². The van der Waals surface area contributed by atoms with Gasteiger partial charge in [-0.05, 0) is 115 Å². The molecule has 25 nitrogen and oxygen atoms in total. The van der Waals surface area contributed by atoms with Crippen molar-refractivity contribution in [2.24, 2.45) is 41.2 Å². The van der Waals surface area contributed by atoms with Gasteiger partial charge in [0.05, 0.1) is 18.3 Å². The molecule has 1 aliphatic rings. The van der Waals surface area contributed by atoms with Crippen LogP contribution in [0.1, 0.15) is 163 Å². The maximum atomic E-state index is 15.3. The molecular weight excluding hydrogens is 1180 g/mol. The Morgan fingerprint density at radius 3 is 1.43 bits per heavy atom. The van der Waals surface area contributed by atoms with Crippen LogP contribution in [0.5, 0.6) is 0 Å². The van der Waals surface area contributed by atoms with E-state index in [-0.39, 0.29) is 75.9 Å². The number of nitrogens with two attached hydrogens (primary N) is 1. The molecule has 13 atom stereocenters. The average Bonchev–Trinajstić information content (AvgIpc) is 0.818. The summed E-state index contributed by atoms with van der Waals surface area (Å²) >= 11 is 0. The van der Waals surface area contributed by atoms with Crippen molar-refractivity contribution in [2.75, 3.05) is 62.5 Å². The van der Waals surface area contributed by atoms with E-state index in [0.717, 1.165) is 9.80 Å². The molecule has 0 aromatic heterocycles. The third-order valence-corrected chi connectivity index (χ3v) is 17.4. The molecule has 1 rings (SSSR count). The Balaban J connectivity index is 4.54. The Kier molecular flexibility index (Phi) is 34.5. The standard InChI is InChI=1S/C67H120N12O13/c1-26-29-30-43(14)55(80)54-59(84)71-46(28-3)61(86)73(19)47(31-32-68)62(87)77(23)51(37-67(17,18)92-33-27-2)58(83)72-52(41(10)11)65(90)74(20)48(34-38(4)5)57(82)69-44(15)56(81)70-45(16)60(85)75(21)49(35-39(6)7)63(88)76(22)50(36-40(8)9)64(89)78(24)53(42(12)13)66(91)79(54)25/h26-27,29,38-55,80H,2,28,30-37,68H2,1,3-25H3,(H,69,82)(H,70,81)(H,71,84)(H,72,83)/b29-26+/t43-,44+,45-,46+,47?,48+,49+,50+,51+,52+,53+,54+,55-/m1/s1. The van der Waals surface area contributed by atoms with Gasteiger partial charge in [-0.15, -0.1) is 6.58 Å². The topological polar surface area (TPSA) is 314 Å². The van der Waals surface area contributed by atoms with Crippen LogP contribution in [0.3, 0.4) is 0 Å². The van der Waals surface area contributed by atoms with Crippen LogP contribution in [0.25, 0.3) is 0 Å². The summed E-state index contributed by atoms with van der Waals surface area (Å²) in [5.41, 5.74) is 5.06. The molecule has 0 radical (unpaired) electrons. The zero-order chi connectivity index (χ0) is 71.3. The molecule has 0 aliphatic carbocycles. The zero-order valence-corrected chi connectivity index (χ0v) is 60.2. The summed E-state index contributed by atoms with van der Waals surface area (Å²) in [5, 5.41) is 23.3. The van der Waals surface area contributed by atoms with Crippen molar-refractivity contribution >= 4 is 65.0 Å². The summed E-state index contributed by atoms with van der Waals surface area (Å²) in [6, 6.07) is -14.3. The number of carbonyl (C=O) groups excluding carboxylic acids is 11. The predicted octanol–water partition coefficient (Wildman–Crippen LogP) is 3.31. The minimum atomic E-state index is -1.66. The first-order valence-corrected chi connectivity index (χ1v) is 32.9. The van der Waals surface area contributed by atoms with Crippen molar-refractivity contribution < 1.29 is 62.6 Å². The van der Waals surface area contributed by atoms with Crippen LogP contribution >= 0.6 is 0 Å². The van der Waals surface area contributed by atoms with Gasteiger partial charge in [-0.1, -0.05) is 101 Å². The van der Waals surface area contributed by atoms with Gasteiger partial charge < -0.3 is 71.1 Å².